The molecule has 0 bridgehead atoms. The number of unbranched alkanes of at least 4 members (excludes halogenated alkanes) is 9. The molecular formula is C23H38N2O5. The molecule has 1 rings (SSSR count). The molecule has 0 aromatic carbocycles. The van der Waals surface area contributed by atoms with Crippen molar-refractivity contribution in [2.45, 2.75) is 90.7 Å². The number of esters is 1. The first kappa shape index (κ1) is 25.7. The van der Waals surface area contributed by atoms with E-state index < -0.39 is 18.1 Å². The van der Waals surface area contributed by atoms with Crippen LogP contribution in [0, 0.1) is 0 Å². The number of methoxy groups -OCH3 is 1. The molecular weight excluding hydrogens is 384 g/mol. The van der Waals surface area contributed by atoms with Crippen molar-refractivity contribution in [3.63, 3.8) is 0 Å². The zero-order valence-electron chi connectivity index (χ0n) is 18.8. The highest BCUT2D eigenvalue weighted by Gasteiger charge is 2.10. The van der Waals surface area contributed by atoms with Gasteiger partial charge in [-0.15, -0.1) is 0 Å². The molecule has 1 atom stereocenters. The van der Waals surface area contributed by atoms with Gasteiger partial charge >= 0.3 is 12.1 Å². The molecule has 0 fully saturated rings. The van der Waals surface area contributed by atoms with Gasteiger partial charge in [-0.3, -0.25) is 4.99 Å². The largest absolute Gasteiger partial charge is 0.467 e. The van der Waals surface area contributed by atoms with Crippen LogP contribution in [-0.2, 0) is 20.9 Å². The number of carbonyl (C=O) groups excluding carboxylic acids is 2. The summed E-state index contributed by atoms with van der Waals surface area (Å²) in [6.07, 6.45) is 13.6. The van der Waals surface area contributed by atoms with E-state index in [9.17, 15) is 9.59 Å². The van der Waals surface area contributed by atoms with Crippen LogP contribution in [-0.4, -0.2) is 38.0 Å². The Morgan fingerprint density at radius 2 is 1.70 bits per heavy atom. The standard InChI is InChI=1S/C23H38N2O5/c1-4-5-6-7-8-9-10-11-12-13-16-24-23(27)29-18-21-15-14-20(30-21)17-25-19(2)22(26)28-3/h14-15,17,19H,4-13,16,18H2,1-3H3,(H,24,27). The lowest BCUT2D eigenvalue weighted by atomic mass is 10.1. The molecule has 170 valence electrons. The zero-order valence-corrected chi connectivity index (χ0v) is 18.8. The average Bonchev–Trinajstić information content (AvgIpc) is 3.21. The second kappa shape index (κ2) is 16.5. The van der Waals surface area contributed by atoms with E-state index in [-0.39, 0.29) is 6.61 Å². The topological polar surface area (TPSA) is 90.1 Å². The van der Waals surface area contributed by atoms with Crippen LogP contribution in [0.5, 0.6) is 0 Å². The normalized spacial score (nSPS) is 12.1. The first-order valence-electron chi connectivity index (χ1n) is 11.2. The fourth-order valence-corrected chi connectivity index (χ4v) is 2.95. The lowest BCUT2D eigenvalue weighted by molar-refractivity contribution is -0.141. The summed E-state index contributed by atoms with van der Waals surface area (Å²) in [6, 6.07) is 2.81. The number of hydrogen-bond acceptors (Lipinski definition) is 6. The summed E-state index contributed by atoms with van der Waals surface area (Å²) in [5.41, 5.74) is 0. The summed E-state index contributed by atoms with van der Waals surface area (Å²) in [4.78, 5) is 27.1. The van der Waals surface area contributed by atoms with Crippen LogP contribution in [0.2, 0.25) is 0 Å². The number of hydrogen-bond donors (Lipinski definition) is 1. The average molecular weight is 423 g/mol. The highest BCUT2D eigenvalue weighted by atomic mass is 16.6. The second-order valence-corrected chi connectivity index (χ2v) is 7.47. The minimum atomic E-state index is -0.601. The van der Waals surface area contributed by atoms with Gasteiger partial charge in [0, 0.05) is 6.54 Å². The van der Waals surface area contributed by atoms with Gasteiger partial charge in [0.25, 0.3) is 0 Å². The molecule has 0 saturated carbocycles. The molecule has 0 aliphatic rings. The van der Waals surface area contributed by atoms with Crippen molar-refractivity contribution < 1.29 is 23.5 Å². The number of nitrogens with one attached hydrogen (secondary N) is 1. The molecule has 7 heteroatoms. The molecule has 0 aliphatic heterocycles. The minimum Gasteiger partial charge on any atom is -0.467 e. The number of alkyl carbamates (subject to hydrolysis) is 1. The molecule has 0 aliphatic carbocycles. The summed E-state index contributed by atoms with van der Waals surface area (Å²) >= 11 is 0. The van der Waals surface area contributed by atoms with Gasteiger partial charge in [-0.05, 0) is 25.5 Å². The Kier molecular flexibility index (Phi) is 14.1. The monoisotopic (exact) mass is 422 g/mol. The Hall–Kier alpha value is -2.31. The van der Waals surface area contributed by atoms with Gasteiger partial charge in [-0.2, -0.15) is 0 Å². The maximum Gasteiger partial charge on any atom is 0.407 e. The first-order valence-corrected chi connectivity index (χ1v) is 11.2. The molecule has 0 radical (unpaired) electrons. The zero-order chi connectivity index (χ0) is 22.0. The number of nitrogens with zero attached hydrogens (tertiary/aromatic N) is 1. The Morgan fingerprint density at radius 1 is 1.07 bits per heavy atom. The number of furan rings is 1. The van der Waals surface area contributed by atoms with Crippen LogP contribution in [0.3, 0.4) is 0 Å². The fraction of sp³-hybridized carbons (Fsp3) is 0.696. The summed E-state index contributed by atoms with van der Waals surface area (Å²) in [6.45, 7) is 4.54. The van der Waals surface area contributed by atoms with Crippen molar-refractivity contribution in [2.24, 2.45) is 4.99 Å². The Bertz CT molecular complexity index is 627. The van der Waals surface area contributed by atoms with Gasteiger partial charge in [0.2, 0.25) is 0 Å². The van der Waals surface area contributed by atoms with Gasteiger partial charge in [0.1, 0.15) is 17.6 Å². The van der Waals surface area contributed by atoms with E-state index in [1.807, 2.05) is 0 Å². The summed E-state index contributed by atoms with van der Waals surface area (Å²) in [5, 5.41) is 2.76. The molecule has 30 heavy (non-hydrogen) atoms. The van der Waals surface area contributed by atoms with E-state index in [1.165, 1.54) is 64.7 Å². The molecule has 1 N–H and O–H groups in total. The predicted molar refractivity (Wildman–Crippen MR) is 118 cm³/mol. The lowest BCUT2D eigenvalue weighted by Crippen LogP contribution is -2.25. The Morgan fingerprint density at radius 3 is 2.33 bits per heavy atom. The van der Waals surface area contributed by atoms with Crippen LogP contribution in [0.4, 0.5) is 4.79 Å². The molecule has 1 aromatic rings. The molecule has 1 unspecified atom stereocenters. The van der Waals surface area contributed by atoms with E-state index >= 15 is 0 Å². The third kappa shape index (κ3) is 12.3. The van der Waals surface area contributed by atoms with Crippen LogP contribution in [0.25, 0.3) is 0 Å². The summed E-state index contributed by atoms with van der Waals surface area (Å²) in [5.74, 6) is 0.576. The van der Waals surface area contributed by atoms with E-state index in [2.05, 4.69) is 22.0 Å². The smallest absolute Gasteiger partial charge is 0.407 e. The van der Waals surface area contributed by atoms with Gasteiger partial charge < -0.3 is 19.2 Å². The quantitative estimate of drug-likeness (QED) is 0.219. The number of carbonyl (C=O) groups is 2. The third-order valence-corrected chi connectivity index (χ3v) is 4.80. The number of ether oxygens (including phenoxy) is 2. The molecule has 0 saturated heterocycles. The van der Waals surface area contributed by atoms with E-state index in [0.717, 1.165) is 12.8 Å². The van der Waals surface area contributed by atoms with Crippen LogP contribution in [0.15, 0.2) is 21.5 Å². The van der Waals surface area contributed by atoms with Gasteiger partial charge in [0.05, 0.1) is 13.3 Å². The lowest BCUT2D eigenvalue weighted by Gasteiger charge is -2.06. The third-order valence-electron chi connectivity index (χ3n) is 4.80. The van der Waals surface area contributed by atoms with Gasteiger partial charge in [-0.1, -0.05) is 64.7 Å². The van der Waals surface area contributed by atoms with Gasteiger partial charge in [0.15, 0.2) is 6.61 Å². The molecule has 1 heterocycles. The highest BCUT2D eigenvalue weighted by Crippen LogP contribution is 2.10. The number of aliphatic imine (C=N–C) groups is 1. The Labute approximate surface area is 180 Å². The van der Waals surface area contributed by atoms with Gasteiger partial charge in [-0.25, -0.2) is 9.59 Å². The molecule has 1 amide bonds. The van der Waals surface area contributed by atoms with Crippen LogP contribution < -0.4 is 5.32 Å². The van der Waals surface area contributed by atoms with Crippen molar-refractivity contribution in [1.82, 2.24) is 5.32 Å². The first-order chi connectivity index (χ1) is 14.6. The molecule has 0 spiro atoms. The predicted octanol–water partition coefficient (Wildman–Crippen LogP) is 5.41. The van der Waals surface area contributed by atoms with Crippen LogP contribution in [0.1, 0.15) is 89.6 Å². The summed E-state index contributed by atoms with van der Waals surface area (Å²) < 4.78 is 15.3. The van der Waals surface area contributed by atoms with E-state index in [1.54, 1.807) is 19.1 Å². The SMILES string of the molecule is CCCCCCCCCCCCNC(=O)OCc1ccc(C=NC(C)C(=O)OC)o1. The molecule has 7 nitrogen and oxygen atoms in total. The van der Waals surface area contributed by atoms with Crippen molar-refractivity contribution in [3.8, 4) is 0 Å². The van der Waals surface area contributed by atoms with Crippen molar-refractivity contribution >= 4 is 18.3 Å². The number of rotatable bonds is 16. The molecule has 1 aromatic heterocycles. The van der Waals surface area contributed by atoms with Crippen molar-refractivity contribution in [1.29, 1.82) is 0 Å². The second-order valence-electron chi connectivity index (χ2n) is 7.47. The van der Waals surface area contributed by atoms with E-state index in [0.29, 0.717) is 18.1 Å². The highest BCUT2D eigenvalue weighted by molar-refractivity contribution is 5.81. The maximum absolute atomic E-state index is 11.8. The fourth-order valence-electron chi connectivity index (χ4n) is 2.95. The van der Waals surface area contributed by atoms with Crippen LogP contribution >= 0.6 is 0 Å². The van der Waals surface area contributed by atoms with E-state index in [4.69, 9.17) is 9.15 Å². The Balaban J connectivity index is 2.06. The minimum absolute atomic E-state index is 0.0459. The summed E-state index contributed by atoms with van der Waals surface area (Å²) in [7, 11) is 1.32. The van der Waals surface area contributed by atoms with Crippen molar-refractivity contribution in [2.75, 3.05) is 13.7 Å². The van der Waals surface area contributed by atoms with Crippen molar-refractivity contribution in [3.05, 3.63) is 23.7 Å². The number of amides is 1. The maximum atomic E-state index is 11.8.